The summed E-state index contributed by atoms with van der Waals surface area (Å²) in [7, 11) is -1.86. The minimum Gasteiger partial charge on any atom is -0.497 e. The molecule has 4 rings (SSSR count). The Morgan fingerprint density at radius 1 is 1.17 bits per heavy atom. The topological polar surface area (TPSA) is 112 Å². The molecule has 1 aliphatic rings. The monoisotopic (exact) mass is 429 g/mol. The zero-order chi connectivity index (χ0) is 21.3. The third kappa shape index (κ3) is 3.73. The molecule has 0 spiro atoms. The third-order valence-corrected chi connectivity index (χ3v) is 6.45. The molecule has 30 heavy (non-hydrogen) atoms. The zero-order valence-corrected chi connectivity index (χ0v) is 17.2. The Balaban J connectivity index is 1.63. The number of fused-ring (bicyclic) bond motifs is 1. The number of sulfone groups is 1. The summed E-state index contributed by atoms with van der Waals surface area (Å²) in [4.78, 5) is 18.3. The van der Waals surface area contributed by atoms with Crippen LogP contribution in [0.4, 0.5) is 5.69 Å². The summed E-state index contributed by atoms with van der Waals surface area (Å²) >= 11 is 0. The number of methoxy groups -OCH3 is 1. The number of hydrogen-bond acceptors (Lipinski definition) is 8. The smallest absolute Gasteiger partial charge is 0.265 e. The summed E-state index contributed by atoms with van der Waals surface area (Å²) in [5, 5.41) is 3.97. The van der Waals surface area contributed by atoms with Crippen molar-refractivity contribution in [3.63, 3.8) is 0 Å². The van der Waals surface area contributed by atoms with Crippen molar-refractivity contribution in [2.45, 2.75) is 18.4 Å². The molecule has 1 aromatic heterocycles. The first kappa shape index (κ1) is 19.9. The van der Waals surface area contributed by atoms with Gasteiger partial charge in [-0.1, -0.05) is 12.1 Å². The number of rotatable bonds is 6. The average molecular weight is 429 g/mol. The van der Waals surface area contributed by atoms with E-state index in [1.807, 2.05) is 0 Å². The molecule has 0 unspecified atom stereocenters. The highest BCUT2D eigenvalue weighted by Crippen LogP contribution is 2.35. The van der Waals surface area contributed by atoms with Gasteiger partial charge in [0.1, 0.15) is 18.0 Å². The van der Waals surface area contributed by atoms with Crippen molar-refractivity contribution in [1.29, 1.82) is 0 Å². The molecule has 0 N–H and O–H groups in total. The second-order valence-corrected chi connectivity index (χ2v) is 8.82. The number of nitrogens with zero attached hydrogens (tertiary/aromatic N) is 3. The highest BCUT2D eigenvalue weighted by atomic mass is 32.2. The summed E-state index contributed by atoms with van der Waals surface area (Å²) in [5.41, 5.74) is 1.08. The lowest BCUT2D eigenvalue weighted by Gasteiger charge is -2.28. The van der Waals surface area contributed by atoms with E-state index in [1.165, 1.54) is 17.0 Å². The van der Waals surface area contributed by atoms with Crippen LogP contribution in [0.1, 0.15) is 12.8 Å². The van der Waals surface area contributed by atoms with Crippen LogP contribution in [0.3, 0.4) is 0 Å². The number of carbonyl (C=O) groups excluding carboxylic acids is 1. The Hall–Kier alpha value is -3.40. The van der Waals surface area contributed by atoms with E-state index in [0.29, 0.717) is 23.0 Å². The van der Waals surface area contributed by atoms with Gasteiger partial charge < -0.3 is 14.0 Å². The van der Waals surface area contributed by atoms with Crippen LogP contribution in [0.5, 0.6) is 11.5 Å². The number of carbonyl (C=O) groups is 1. The van der Waals surface area contributed by atoms with Crippen LogP contribution >= 0.6 is 0 Å². The molecule has 2 heterocycles. The van der Waals surface area contributed by atoms with E-state index in [9.17, 15) is 13.2 Å². The fourth-order valence-electron chi connectivity index (χ4n) is 3.03. The quantitative estimate of drug-likeness (QED) is 0.587. The molecule has 3 aromatic rings. The van der Waals surface area contributed by atoms with Crippen molar-refractivity contribution in [3.05, 3.63) is 48.4 Å². The predicted octanol–water partition coefficient (Wildman–Crippen LogP) is 2.46. The van der Waals surface area contributed by atoms with Crippen molar-refractivity contribution in [2.24, 2.45) is 0 Å². The van der Waals surface area contributed by atoms with E-state index in [4.69, 9.17) is 14.0 Å². The molecular formula is C20H19N3O6S. The first-order valence-electron chi connectivity index (χ1n) is 9.18. The van der Waals surface area contributed by atoms with Gasteiger partial charge in [-0.15, -0.1) is 0 Å². The highest BCUT2D eigenvalue weighted by molar-refractivity contribution is 7.91. The van der Waals surface area contributed by atoms with Crippen LogP contribution in [0.15, 0.2) is 51.9 Å². The molecule has 0 saturated heterocycles. The van der Waals surface area contributed by atoms with Gasteiger partial charge >= 0.3 is 0 Å². The van der Waals surface area contributed by atoms with Gasteiger partial charge in [-0.3, -0.25) is 9.69 Å². The Morgan fingerprint density at radius 2 is 1.93 bits per heavy atom. The molecule has 0 radical (unpaired) electrons. The zero-order valence-electron chi connectivity index (χ0n) is 16.4. The first-order valence-corrected chi connectivity index (χ1v) is 10.8. The molecule has 2 aromatic carbocycles. The fraction of sp³-hybridized carbons (Fsp3) is 0.250. The van der Waals surface area contributed by atoms with Gasteiger partial charge in [0.05, 0.1) is 23.4 Å². The van der Waals surface area contributed by atoms with E-state index in [0.717, 1.165) is 5.56 Å². The Kier molecular flexibility index (Phi) is 5.17. The molecule has 10 heteroatoms. The lowest BCUT2D eigenvalue weighted by molar-refractivity contribution is -0.121. The molecule has 0 atom stereocenters. The molecule has 0 fully saturated rings. The first-order chi connectivity index (χ1) is 14.4. The minimum absolute atomic E-state index is 0.00598. The van der Waals surface area contributed by atoms with Gasteiger partial charge in [-0.2, -0.15) is 4.98 Å². The van der Waals surface area contributed by atoms with E-state index < -0.39 is 9.84 Å². The molecular weight excluding hydrogens is 410 g/mol. The van der Waals surface area contributed by atoms with Crippen molar-refractivity contribution in [1.82, 2.24) is 10.1 Å². The van der Waals surface area contributed by atoms with Crippen LogP contribution in [-0.4, -0.2) is 43.9 Å². The Bertz CT molecular complexity index is 1190. The molecule has 1 amide bonds. The summed E-state index contributed by atoms with van der Waals surface area (Å²) in [6.07, 6.45) is 0. The standard InChI is InChI=1S/C20H19N3O6S/c1-3-30(25,26)15-8-9-17-16(10-15)23(19(24)12-28-17)11-18-21-20(22-29-18)13-4-6-14(27-2)7-5-13/h4-10H,3,11-12H2,1-2H3. The number of benzene rings is 2. The van der Waals surface area contributed by atoms with Gasteiger partial charge in [0.15, 0.2) is 16.4 Å². The third-order valence-electron chi connectivity index (χ3n) is 4.72. The number of anilines is 1. The van der Waals surface area contributed by atoms with Crippen LogP contribution in [-0.2, 0) is 21.2 Å². The second kappa shape index (κ2) is 7.79. The van der Waals surface area contributed by atoms with Crippen LogP contribution < -0.4 is 14.4 Å². The Labute approximate surface area is 173 Å². The summed E-state index contributed by atoms with van der Waals surface area (Å²) in [5.74, 6) is 1.32. The lowest BCUT2D eigenvalue weighted by atomic mass is 10.2. The Morgan fingerprint density at radius 3 is 2.63 bits per heavy atom. The molecule has 0 aliphatic carbocycles. The molecule has 156 valence electrons. The van der Waals surface area contributed by atoms with Crippen LogP contribution in [0.2, 0.25) is 0 Å². The van der Waals surface area contributed by atoms with Crippen LogP contribution in [0, 0.1) is 0 Å². The van der Waals surface area contributed by atoms with Gasteiger partial charge in [-0.05, 0) is 42.5 Å². The number of aromatic nitrogens is 2. The van der Waals surface area contributed by atoms with Gasteiger partial charge in [0.2, 0.25) is 11.7 Å². The van der Waals surface area contributed by atoms with Crippen LogP contribution in [0.25, 0.3) is 11.4 Å². The van der Waals surface area contributed by atoms with Gasteiger partial charge in [-0.25, -0.2) is 8.42 Å². The highest BCUT2D eigenvalue weighted by Gasteiger charge is 2.29. The molecule has 0 bridgehead atoms. The number of amides is 1. The normalized spacial score (nSPS) is 13.7. The molecule has 9 nitrogen and oxygen atoms in total. The predicted molar refractivity (Wildman–Crippen MR) is 107 cm³/mol. The maximum Gasteiger partial charge on any atom is 0.265 e. The fourth-order valence-corrected chi connectivity index (χ4v) is 3.93. The van der Waals surface area contributed by atoms with E-state index in [-0.39, 0.29) is 35.6 Å². The molecule has 0 saturated carbocycles. The summed E-state index contributed by atoms with van der Waals surface area (Å²) in [6.45, 7) is 1.40. The molecule has 1 aliphatic heterocycles. The van der Waals surface area contributed by atoms with Crippen molar-refractivity contribution in [2.75, 3.05) is 24.4 Å². The average Bonchev–Trinajstić information content (AvgIpc) is 3.24. The van der Waals surface area contributed by atoms with Crippen molar-refractivity contribution < 1.29 is 27.2 Å². The van der Waals surface area contributed by atoms with Gasteiger partial charge in [0.25, 0.3) is 5.91 Å². The second-order valence-electron chi connectivity index (χ2n) is 6.54. The number of hydrogen-bond donors (Lipinski definition) is 0. The summed E-state index contributed by atoms with van der Waals surface area (Å²) in [6, 6.07) is 11.6. The maximum atomic E-state index is 12.5. The SMILES string of the molecule is CCS(=O)(=O)c1ccc2c(c1)N(Cc1nc(-c3ccc(OC)cc3)no1)C(=O)CO2. The summed E-state index contributed by atoms with van der Waals surface area (Å²) < 4.78 is 40.4. The van der Waals surface area contributed by atoms with E-state index in [1.54, 1.807) is 44.4 Å². The van der Waals surface area contributed by atoms with Crippen molar-refractivity contribution >= 4 is 21.4 Å². The number of ether oxygens (including phenoxy) is 2. The maximum absolute atomic E-state index is 12.5. The largest absolute Gasteiger partial charge is 0.497 e. The lowest BCUT2D eigenvalue weighted by Crippen LogP contribution is -2.38. The van der Waals surface area contributed by atoms with Crippen molar-refractivity contribution in [3.8, 4) is 22.9 Å². The van der Waals surface area contributed by atoms with Gasteiger partial charge in [0, 0.05) is 5.56 Å². The van der Waals surface area contributed by atoms with E-state index >= 15 is 0 Å². The minimum atomic E-state index is -3.44. The van der Waals surface area contributed by atoms with E-state index in [2.05, 4.69) is 10.1 Å².